The molecular formula is C18H16N2O. The number of carbonyl (C=O) groups is 1. The Balaban J connectivity index is 1.90. The molecule has 1 heterocycles. The van der Waals surface area contributed by atoms with Gasteiger partial charge in [0.25, 0.3) is 0 Å². The average Bonchev–Trinajstić information content (AvgIpc) is 2.55. The van der Waals surface area contributed by atoms with Gasteiger partial charge in [-0.05, 0) is 23.3 Å². The second-order valence-electron chi connectivity index (χ2n) is 4.99. The summed E-state index contributed by atoms with van der Waals surface area (Å²) >= 11 is 0. The second-order valence-corrected chi connectivity index (χ2v) is 4.99. The summed E-state index contributed by atoms with van der Waals surface area (Å²) < 4.78 is 0. The van der Waals surface area contributed by atoms with Gasteiger partial charge in [-0.1, -0.05) is 42.5 Å². The molecule has 0 aliphatic rings. The van der Waals surface area contributed by atoms with Gasteiger partial charge in [0, 0.05) is 30.1 Å². The lowest BCUT2D eigenvalue weighted by atomic mass is 9.99. The highest BCUT2D eigenvalue weighted by molar-refractivity contribution is 6.00. The van der Waals surface area contributed by atoms with Crippen LogP contribution < -0.4 is 5.73 Å². The first-order valence-corrected chi connectivity index (χ1v) is 6.93. The average molecular weight is 276 g/mol. The summed E-state index contributed by atoms with van der Waals surface area (Å²) in [5.74, 6) is 0.0640. The van der Waals surface area contributed by atoms with Gasteiger partial charge in [0.1, 0.15) is 0 Å². The molecule has 0 unspecified atom stereocenters. The zero-order valence-corrected chi connectivity index (χ0v) is 11.6. The predicted molar refractivity (Wildman–Crippen MR) is 84.1 cm³/mol. The lowest BCUT2D eigenvalue weighted by Gasteiger charge is -2.07. The van der Waals surface area contributed by atoms with Gasteiger partial charge in [0.2, 0.25) is 0 Å². The number of aromatic nitrogens is 1. The molecule has 21 heavy (non-hydrogen) atoms. The Hall–Kier alpha value is -2.52. The molecule has 3 heteroatoms. The number of Topliss-reactive ketones (excluding diaryl/α,β-unsaturated/α-hetero) is 1. The van der Waals surface area contributed by atoms with E-state index in [9.17, 15) is 4.79 Å². The molecule has 3 aromatic rings. The largest absolute Gasteiger partial charge is 0.326 e. The Bertz CT molecular complexity index is 796. The Labute approximate surface area is 123 Å². The van der Waals surface area contributed by atoms with Crippen LogP contribution in [0, 0.1) is 0 Å². The van der Waals surface area contributed by atoms with Crippen LogP contribution in [0.5, 0.6) is 0 Å². The predicted octanol–water partition coefficient (Wildman–Crippen LogP) is 3.12. The fourth-order valence-electron chi connectivity index (χ4n) is 2.43. The van der Waals surface area contributed by atoms with E-state index in [1.54, 1.807) is 6.20 Å². The maximum Gasteiger partial charge on any atom is 0.168 e. The minimum absolute atomic E-state index is 0.0640. The van der Waals surface area contributed by atoms with Crippen LogP contribution in [0.4, 0.5) is 0 Å². The number of fused-ring (bicyclic) bond motifs is 1. The van der Waals surface area contributed by atoms with E-state index in [1.807, 2.05) is 54.6 Å². The number of pyridine rings is 1. The zero-order chi connectivity index (χ0) is 14.7. The normalized spacial score (nSPS) is 10.7. The van der Waals surface area contributed by atoms with Crippen molar-refractivity contribution in [3.8, 4) is 0 Å². The Kier molecular flexibility index (Phi) is 3.75. The molecule has 0 radical (unpaired) electrons. The number of rotatable bonds is 4. The van der Waals surface area contributed by atoms with E-state index >= 15 is 0 Å². The van der Waals surface area contributed by atoms with E-state index in [2.05, 4.69) is 4.98 Å². The number of hydrogen-bond donors (Lipinski definition) is 1. The standard InChI is InChI=1S/C18H16N2O/c19-11-15-7-2-1-5-13(15)10-18(21)16-9-14-6-3-4-8-17(14)20-12-16/h1-9,12H,10-11,19H2. The molecule has 0 fully saturated rings. The van der Waals surface area contributed by atoms with Crippen molar-refractivity contribution in [2.45, 2.75) is 13.0 Å². The van der Waals surface area contributed by atoms with Crippen LogP contribution in [0.15, 0.2) is 60.8 Å². The molecule has 0 saturated heterocycles. The van der Waals surface area contributed by atoms with Gasteiger partial charge < -0.3 is 5.73 Å². The SMILES string of the molecule is NCc1ccccc1CC(=O)c1cnc2ccccc2c1. The summed E-state index contributed by atoms with van der Waals surface area (Å²) in [6.07, 6.45) is 2.00. The monoisotopic (exact) mass is 276 g/mol. The molecule has 0 saturated carbocycles. The first-order chi connectivity index (χ1) is 10.3. The van der Waals surface area contributed by atoms with Crippen LogP contribution in [0.1, 0.15) is 21.5 Å². The van der Waals surface area contributed by atoms with Gasteiger partial charge in [-0.2, -0.15) is 0 Å². The number of hydrogen-bond acceptors (Lipinski definition) is 3. The van der Waals surface area contributed by atoms with Gasteiger partial charge >= 0.3 is 0 Å². The van der Waals surface area contributed by atoms with Crippen LogP contribution in [0.25, 0.3) is 10.9 Å². The Morgan fingerprint density at radius 2 is 1.71 bits per heavy atom. The van der Waals surface area contributed by atoms with E-state index in [1.165, 1.54) is 0 Å². The highest BCUT2D eigenvalue weighted by atomic mass is 16.1. The molecule has 2 aromatic carbocycles. The molecule has 0 bridgehead atoms. The molecule has 0 aliphatic heterocycles. The van der Waals surface area contributed by atoms with E-state index in [4.69, 9.17) is 5.73 Å². The molecule has 0 amide bonds. The number of ketones is 1. The van der Waals surface area contributed by atoms with E-state index in [0.717, 1.165) is 22.0 Å². The smallest absolute Gasteiger partial charge is 0.168 e. The third-order valence-electron chi connectivity index (χ3n) is 3.60. The minimum Gasteiger partial charge on any atom is -0.326 e. The van der Waals surface area contributed by atoms with Crippen LogP contribution >= 0.6 is 0 Å². The van der Waals surface area contributed by atoms with Crippen molar-refractivity contribution < 1.29 is 4.79 Å². The minimum atomic E-state index is 0.0640. The summed E-state index contributed by atoms with van der Waals surface area (Å²) in [5, 5.41) is 0.982. The summed E-state index contributed by atoms with van der Waals surface area (Å²) in [4.78, 5) is 16.8. The summed E-state index contributed by atoms with van der Waals surface area (Å²) in [5.41, 5.74) is 9.25. The third-order valence-corrected chi connectivity index (χ3v) is 3.60. The number of para-hydroxylation sites is 1. The first-order valence-electron chi connectivity index (χ1n) is 6.93. The number of nitrogens with two attached hydrogens (primary N) is 1. The van der Waals surface area contributed by atoms with Crippen LogP contribution in [0.3, 0.4) is 0 Å². The molecule has 0 spiro atoms. The van der Waals surface area contributed by atoms with E-state index in [0.29, 0.717) is 18.5 Å². The van der Waals surface area contributed by atoms with E-state index in [-0.39, 0.29) is 5.78 Å². The van der Waals surface area contributed by atoms with Crippen LogP contribution in [0.2, 0.25) is 0 Å². The van der Waals surface area contributed by atoms with Crippen molar-refractivity contribution in [1.82, 2.24) is 4.98 Å². The van der Waals surface area contributed by atoms with Crippen molar-refractivity contribution in [2.24, 2.45) is 5.73 Å². The first kappa shape index (κ1) is 13.5. The maximum absolute atomic E-state index is 12.4. The van der Waals surface area contributed by atoms with Gasteiger partial charge in [-0.25, -0.2) is 0 Å². The van der Waals surface area contributed by atoms with Crippen molar-refractivity contribution in [1.29, 1.82) is 0 Å². The maximum atomic E-state index is 12.4. The molecule has 0 atom stereocenters. The van der Waals surface area contributed by atoms with Gasteiger partial charge in [-0.3, -0.25) is 9.78 Å². The van der Waals surface area contributed by atoms with Crippen molar-refractivity contribution in [2.75, 3.05) is 0 Å². The van der Waals surface area contributed by atoms with Crippen molar-refractivity contribution in [3.05, 3.63) is 77.5 Å². The fourth-order valence-corrected chi connectivity index (χ4v) is 2.43. The van der Waals surface area contributed by atoms with Gasteiger partial charge in [0.05, 0.1) is 5.52 Å². The molecule has 3 rings (SSSR count). The summed E-state index contributed by atoms with van der Waals surface area (Å²) in [6.45, 7) is 0.444. The topological polar surface area (TPSA) is 56.0 Å². The zero-order valence-electron chi connectivity index (χ0n) is 11.6. The lowest BCUT2D eigenvalue weighted by Crippen LogP contribution is -2.08. The molecule has 1 aromatic heterocycles. The fraction of sp³-hybridized carbons (Fsp3) is 0.111. The second kappa shape index (κ2) is 5.85. The summed E-state index contributed by atoms with van der Waals surface area (Å²) in [7, 11) is 0. The highest BCUT2D eigenvalue weighted by Gasteiger charge is 2.10. The molecular weight excluding hydrogens is 260 g/mol. The summed E-state index contributed by atoms with van der Waals surface area (Å²) in [6, 6.07) is 17.5. The van der Waals surface area contributed by atoms with Crippen molar-refractivity contribution >= 4 is 16.7 Å². The quantitative estimate of drug-likeness (QED) is 0.745. The lowest BCUT2D eigenvalue weighted by molar-refractivity contribution is 0.0992. The third kappa shape index (κ3) is 2.83. The van der Waals surface area contributed by atoms with Crippen molar-refractivity contribution in [3.63, 3.8) is 0 Å². The van der Waals surface area contributed by atoms with Gasteiger partial charge in [0.15, 0.2) is 5.78 Å². The van der Waals surface area contributed by atoms with Crippen LogP contribution in [-0.4, -0.2) is 10.8 Å². The number of carbonyl (C=O) groups excluding carboxylic acids is 1. The molecule has 0 aliphatic carbocycles. The number of nitrogens with zero attached hydrogens (tertiary/aromatic N) is 1. The Morgan fingerprint density at radius 1 is 1.00 bits per heavy atom. The Morgan fingerprint density at radius 3 is 2.52 bits per heavy atom. The van der Waals surface area contributed by atoms with E-state index < -0.39 is 0 Å². The highest BCUT2D eigenvalue weighted by Crippen LogP contribution is 2.16. The number of benzene rings is 2. The molecule has 2 N–H and O–H groups in total. The van der Waals surface area contributed by atoms with Crippen LogP contribution in [-0.2, 0) is 13.0 Å². The van der Waals surface area contributed by atoms with Gasteiger partial charge in [-0.15, -0.1) is 0 Å². The molecule has 104 valence electrons. The molecule has 3 nitrogen and oxygen atoms in total.